The van der Waals surface area contributed by atoms with Crippen LogP contribution in [0.25, 0.3) is 0 Å². The molecular formula is C26H27BrN2O3. The third-order valence-corrected chi connectivity index (χ3v) is 5.97. The number of nitrogens with one attached hydrogen (secondary N) is 1. The maximum atomic E-state index is 10.9. The molecular weight excluding hydrogens is 468 g/mol. The fourth-order valence-corrected chi connectivity index (χ4v) is 4.23. The Morgan fingerprint density at radius 3 is 2.31 bits per heavy atom. The Labute approximate surface area is 197 Å². The van der Waals surface area contributed by atoms with Crippen LogP contribution in [0.4, 0.5) is 0 Å². The van der Waals surface area contributed by atoms with Crippen molar-refractivity contribution in [3.63, 3.8) is 0 Å². The monoisotopic (exact) mass is 494 g/mol. The molecule has 3 aromatic rings. The number of halogens is 1. The molecule has 0 amide bonds. The summed E-state index contributed by atoms with van der Waals surface area (Å²) < 4.78 is 12.5. The van der Waals surface area contributed by atoms with Crippen molar-refractivity contribution in [1.29, 1.82) is 0 Å². The van der Waals surface area contributed by atoms with Gasteiger partial charge in [-0.15, -0.1) is 0 Å². The van der Waals surface area contributed by atoms with Crippen LogP contribution in [0.5, 0.6) is 17.2 Å². The average Bonchev–Trinajstić information content (AvgIpc) is 2.81. The molecule has 0 bridgehead atoms. The van der Waals surface area contributed by atoms with E-state index in [1.807, 2.05) is 62.4 Å². The summed E-state index contributed by atoms with van der Waals surface area (Å²) in [6, 6.07) is 21.6. The van der Waals surface area contributed by atoms with Gasteiger partial charge in [-0.1, -0.05) is 58.4 Å². The molecule has 5 nitrogen and oxygen atoms in total. The lowest BCUT2D eigenvalue weighted by Gasteiger charge is -2.31. The molecule has 3 aromatic carbocycles. The second-order valence-corrected chi connectivity index (χ2v) is 8.42. The van der Waals surface area contributed by atoms with E-state index in [0.29, 0.717) is 25.4 Å². The molecule has 0 unspecified atom stereocenters. The fourth-order valence-electron chi connectivity index (χ4n) is 3.97. The van der Waals surface area contributed by atoms with Crippen molar-refractivity contribution in [2.45, 2.75) is 32.5 Å². The van der Waals surface area contributed by atoms with Crippen molar-refractivity contribution >= 4 is 21.6 Å². The minimum absolute atomic E-state index is 0.147. The van der Waals surface area contributed by atoms with E-state index in [9.17, 15) is 5.11 Å². The van der Waals surface area contributed by atoms with Crippen LogP contribution in [-0.4, -0.2) is 24.0 Å². The van der Waals surface area contributed by atoms with Crippen molar-refractivity contribution in [2.24, 2.45) is 4.99 Å². The molecule has 1 heterocycles. The van der Waals surface area contributed by atoms with E-state index < -0.39 is 0 Å². The molecule has 2 atom stereocenters. The van der Waals surface area contributed by atoms with Gasteiger partial charge in [0.2, 0.25) is 0 Å². The molecule has 1 aliphatic heterocycles. The topological polar surface area (TPSA) is 63.1 Å². The Bertz CT molecular complexity index is 1100. The minimum Gasteiger partial charge on any atom is -0.504 e. The van der Waals surface area contributed by atoms with Gasteiger partial charge < -0.3 is 14.6 Å². The van der Waals surface area contributed by atoms with Crippen LogP contribution in [0, 0.1) is 0 Å². The number of hydrogen-bond acceptors (Lipinski definition) is 5. The van der Waals surface area contributed by atoms with Crippen molar-refractivity contribution in [1.82, 2.24) is 5.32 Å². The molecule has 6 heteroatoms. The number of rotatable bonds is 7. The Balaban J connectivity index is 1.77. The third kappa shape index (κ3) is 4.81. The summed E-state index contributed by atoms with van der Waals surface area (Å²) in [7, 11) is 0. The first-order valence-corrected chi connectivity index (χ1v) is 11.6. The molecule has 32 heavy (non-hydrogen) atoms. The molecule has 0 saturated carbocycles. The van der Waals surface area contributed by atoms with Gasteiger partial charge in [0.25, 0.3) is 0 Å². The SMILES string of the molecule is CCOc1ccccc1[C@@H]1N=C(c2ccc(Br)cc2)C[C@@H](c2cccc(OCC)c2O)N1. The highest BCUT2D eigenvalue weighted by molar-refractivity contribution is 9.10. The summed E-state index contributed by atoms with van der Waals surface area (Å²) in [5.74, 6) is 1.46. The van der Waals surface area contributed by atoms with Crippen LogP contribution in [0.2, 0.25) is 0 Å². The predicted molar refractivity (Wildman–Crippen MR) is 131 cm³/mol. The van der Waals surface area contributed by atoms with Gasteiger partial charge in [-0.05, 0) is 43.7 Å². The van der Waals surface area contributed by atoms with Gasteiger partial charge in [0.15, 0.2) is 11.5 Å². The number of phenols is 1. The highest BCUT2D eigenvalue weighted by atomic mass is 79.9. The van der Waals surface area contributed by atoms with Crippen LogP contribution in [0.3, 0.4) is 0 Å². The molecule has 0 fully saturated rings. The fraction of sp³-hybridized carbons (Fsp3) is 0.269. The Kier molecular flexibility index (Phi) is 7.12. The summed E-state index contributed by atoms with van der Waals surface area (Å²) in [5, 5.41) is 14.5. The smallest absolute Gasteiger partial charge is 0.162 e. The lowest BCUT2D eigenvalue weighted by molar-refractivity contribution is 0.311. The maximum Gasteiger partial charge on any atom is 0.162 e. The second kappa shape index (κ2) is 10.2. The van der Waals surface area contributed by atoms with Crippen LogP contribution in [0.1, 0.15) is 49.2 Å². The van der Waals surface area contributed by atoms with Gasteiger partial charge in [-0.25, -0.2) is 0 Å². The van der Waals surface area contributed by atoms with Crippen LogP contribution >= 0.6 is 15.9 Å². The van der Waals surface area contributed by atoms with Crippen LogP contribution in [0.15, 0.2) is 76.2 Å². The molecule has 1 aliphatic rings. The largest absolute Gasteiger partial charge is 0.504 e. The Morgan fingerprint density at radius 2 is 1.56 bits per heavy atom. The van der Waals surface area contributed by atoms with E-state index in [1.165, 1.54) is 0 Å². The zero-order valence-corrected chi connectivity index (χ0v) is 19.8. The van der Waals surface area contributed by atoms with Gasteiger partial charge in [-0.3, -0.25) is 10.3 Å². The van der Waals surface area contributed by atoms with Crippen LogP contribution < -0.4 is 14.8 Å². The number of ether oxygens (including phenoxy) is 2. The average molecular weight is 495 g/mol. The molecule has 4 rings (SSSR count). The van der Waals surface area contributed by atoms with Gasteiger partial charge in [0, 0.05) is 33.8 Å². The predicted octanol–water partition coefficient (Wildman–Crippen LogP) is 6.17. The van der Waals surface area contributed by atoms with Crippen molar-refractivity contribution in [3.05, 3.63) is 87.9 Å². The minimum atomic E-state index is -0.315. The van der Waals surface area contributed by atoms with Gasteiger partial charge >= 0.3 is 0 Å². The molecule has 0 aromatic heterocycles. The number of hydrogen-bond donors (Lipinski definition) is 2. The number of benzene rings is 3. The highest BCUT2D eigenvalue weighted by Gasteiger charge is 2.29. The Morgan fingerprint density at radius 1 is 0.906 bits per heavy atom. The number of nitrogens with zero attached hydrogens (tertiary/aromatic N) is 1. The van der Waals surface area contributed by atoms with E-state index in [1.54, 1.807) is 6.07 Å². The quantitative estimate of drug-likeness (QED) is 0.411. The lowest BCUT2D eigenvalue weighted by Crippen LogP contribution is -2.33. The first-order chi connectivity index (χ1) is 15.6. The van der Waals surface area contributed by atoms with Crippen molar-refractivity contribution in [2.75, 3.05) is 13.2 Å². The maximum absolute atomic E-state index is 10.9. The number of aliphatic imine (C=N–C) groups is 1. The summed E-state index contributed by atoms with van der Waals surface area (Å²) in [6.45, 7) is 4.95. The van der Waals surface area contributed by atoms with Crippen molar-refractivity contribution < 1.29 is 14.6 Å². The van der Waals surface area contributed by atoms with E-state index >= 15 is 0 Å². The molecule has 0 aliphatic carbocycles. The lowest BCUT2D eigenvalue weighted by atomic mass is 9.93. The van der Waals surface area contributed by atoms with E-state index in [4.69, 9.17) is 14.5 Å². The zero-order valence-electron chi connectivity index (χ0n) is 18.2. The summed E-state index contributed by atoms with van der Waals surface area (Å²) in [6.07, 6.45) is 0.322. The van der Waals surface area contributed by atoms with Crippen molar-refractivity contribution in [3.8, 4) is 17.2 Å². The molecule has 0 spiro atoms. The number of phenolic OH excluding ortho intramolecular Hbond substituents is 1. The van der Waals surface area contributed by atoms with Crippen LogP contribution in [-0.2, 0) is 0 Å². The van der Waals surface area contributed by atoms with E-state index in [2.05, 4.69) is 33.4 Å². The summed E-state index contributed by atoms with van der Waals surface area (Å²) in [5.41, 5.74) is 3.78. The summed E-state index contributed by atoms with van der Waals surface area (Å²) in [4.78, 5) is 5.06. The number of para-hydroxylation sites is 2. The second-order valence-electron chi connectivity index (χ2n) is 7.51. The third-order valence-electron chi connectivity index (χ3n) is 5.44. The van der Waals surface area contributed by atoms with Gasteiger partial charge in [0.1, 0.15) is 11.9 Å². The molecule has 0 radical (unpaired) electrons. The Hall–Kier alpha value is -2.83. The van der Waals surface area contributed by atoms with E-state index in [0.717, 1.165) is 32.6 Å². The zero-order chi connectivity index (χ0) is 22.5. The molecule has 166 valence electrons. The van der Waals surface area contributed by atoms with Gasteiger partial charge in [0.05, 0.1) is 13.2 Å². The normalized spacial score (nSPS) is 18.2. The van der Waals surface area contributed by atoms with E-state index in [-0.39, 0.29) is 18.0 Å². The first kappa shape index (κ1) is 22.4. The summed E-state index contributed by atoms with van der Waals surface area (Å²) >= 11 is 3.51. The highest BCUT2D eigenvalue weighted by Crippen LogP contribution is 2.40. The van der Waals surface area contributed by atoms with Gasteiger partial charge in [-0.2, -0.15) is 0 Å². The first-order valence-electron chi connectivity index (χ1n) is 10.9. The standard InChI is InChI=1S/C26H27BrN2O3/c1-3-31-23-10-6-5-8-20(23)26-28-21(17-12-14-18(27)15-13-17)16-22(29-26)19-9-7-11-24(25(19)30)32-4-2/h5-15,22,26,29-30H,3-4,16H2,1-2H3/t22-,26+/m0/s1. The molecule has 2 N–H and O–H groups in total. The number of aromatic hydroxyl groups is 1. The molecule has 0 saturated heterocycles.